The van der Waals surface area contributed by atoms with E-state index in [2.05, 4.69) is 23.5 Å². The first-order chi connectivity index (χ1) is 8.83. The number of hydrogen-bond donors (Lipinski definition) is 1. The molecule has 3 nitrogen and oxygen atoms in total. The first-order valence-electron chi connectivity index (χ1n) is 5.89. The third-order valence-corrected chi connectivity index (χ3v) is 2.97. The zero-order chi connectivity index (χ0) is 12.4. The first kappa shape index (κ1) is 11.0. The summed E-state index contributed by atoms with van der Waals surface area (Å²) in [6, 6.07) is 18.2. The summed E-state index contributed by atoms with van der Waals surface area (Å²) in [4.78, 5) is 11.1. The number of carbonyl (C=O) groups excluding carboxylic acids is 1. The molecule has 1 fully saturated rings. The number of benzene rings is 2. The Bertz CT molecular complexity index is 566. The highest BCUT2D eigenvalue weighted by Gasteiger charge is 2.22. The van der Waals surface area contributed by atoms with Crippen LogP contribution in [0.15, 0.2) is 54.6 Å². The quantitative estimate of drug-likeness (QED) is 0.874. The van der Waals surface area contributed by atoms with Crippen LogP contribution in [0.1, 0.15) is 11.8 Å². The molecule has 1 saturated heterocycles. The molecule has 0 spiro atoms. The van der Waals surface area contributed by atoms with E-state index in [1.54, 1.807) is 0 Å². The Hall–Kier alpha value is -2.13. The molecule has 1 aliphatic heterocycles. The van der Waals surface area contributed by atoms with Crippen LogP contribution in [0.5, 0.6) is 0 Å². The van der Waals surface area contributed by atoms with Crippen LogP contribution in [0.2, 0.25) is 0 Å². The summed E-state index contributed by atoms with van der Waals surface area (Å²) in [5.41, 5.74) is 3.25. The van der Waals surface area contributed by atoms with Crippen LogP contribution in [0.25, 0.3) is 11.1 Å². The number of amides is 1. The molecule has 1 atom stereocenters. The molecular weight excluding hydrogens is 226 g/mol. The molecule has 0 aliphatic carbocycles. The highest BCUT2D eigenvalue weighted by Crippen LogP contribution is 2.25. The molecule has 3 heteroatoms. The maximum absolute atomic E-state index is 11.1. The van der Waals surface area contributed by atoms with Gasteiger partial charge in [-0.2, -0.15) is 0 Å². The smallest absolute Gasteiger partial charge is 0.248 e. The summed E-state index contributed by atoms with van der Waals surface area (Å²) in [6.07, 6.45) is -0.318. The second-order valence-electron chi connectivity index (χ2n) is 4.25. The summed E-state index contributed by atoms with van der Waals surface area (Å²) in [6.45, 7) is 0.139. The van der Waals surface area contributed by atoms with Crippen LogP contribution in [0.3, 0.4) is 0 Å². The maximum Gasteiger partial charge on any atom is 0.248 e. The van der Waals surface area contributed by atoms with Crippen LogP contribution in [0.4, 0.5) is 0 Å². The molecule has 18 heavy (non-hydrogen) atoms. The summed E-state index contributed by atoms with van der Waals surface area (Å²) in [5.74, 6) is -0.0647. The van der Waals surface area contributed by atoms with Crippen molar-refractivity contribution in [3.05, 3.63) is 60.2 Å². The van der Waals surface area contributed by atoms with Gasteiger partial charge in [-0.1, -0.05) is 48.5 Å². The molecule has 0 radical (unpaired) electrons. The van der Waals surface area contributed by atoms with E-state index in [-0.39, 0.29) is 18.7 Å². The van der Waals surface area contributed by atoms with E-state index in [4.69, 9.17) is 4.74 Å². The number of carbonyl (C=O) groups is 1. The van der Waals surface area contributed by atoms with Crippen molar-refractivity contribution < 1.29 is 9.53 Å². The van der Waals surface area contributed by atoms with E-state index >= 15 is 0 Å². The fraction of sp³-hybridized carbons (Fsp3) is 0.133. The van der Waals surface area contributed by atoms with E-state index in [1.165, 1.54) is 0 Å². The zero-order valence-corrected chi connectivity index (χ0v) is 9.80. The van der Waals surface area contributed by atoms with Crippen molar-refractivity contribution in [2.75, 3.05) is 6.61 Å². The minimum Gasteiger partial charge on any atom is -0.344 e. The third-order valence-electron chi connectivity index (χ3n) is 2.97. The summed E-state index contributed by atoms with van der Waals surface area (Å²) < 4.78 is 5.38. The van der Waals surface area contributed by atoms with Gasteiger partial charge in [0.1, 0.15) is 6.61 Å². The molecule has 0 aromatic heterocycles. The van der Waals surface area contributed by atoms with Gasteiger partial charge >= 0.3 is 0 Å². The standard InChI is InChI=1S/C15H13NO2/c17-14-10-18-15(16-14)13-8-4-7-12(9-13)11-5-2-1-3-6-11/h1-9,15H,10H2,(H,16,17). The summed E-state index contributed by atoms with van der Waals surface area (Å²) in [7, 11) is 0. The van der Waals surface area contributed by atoms with Crippen molar-refractivity contribution in [3.63, 3.8) is 0 Å². The molecule has 3 rings (SSSR count). The lowest BCUT2D eigenvalue weighted by Crippen LogP contribution is -2.19. The van der Waals surface area contributed by atoms with E-state index in [0.29, 0.717) is 0 Å². The molecule has 1 aliphatic rings. The highest BCUT2D eigenvalue weighted by molar-refractivity contribution is 5.79. The van der Waals surface area contributed by atoms with E-state index < -0.39 is 0 Å². The van der Waals surface area contributed by atoms with Gasteiger partial charge in [0.05, 0.1) is 0 Å². The van der Waals surface area contributed by atoms with Crippen LogP contribution >= 0.6 is 0 Å². The van der Waals surface area contributed by atoms with Crippen molar-refractivity contribution in [2.45, 2.75) is 6.23 Å². The van der Waals surface area contributed by atoms with Crippen molar-refractivity contribution >= 4 is 5.91 Å². The Balaban J connectivity index is 1.92. The van der Waals surface area contributed by atoms with Crippen molar-refractivity contribution in [2.24, 2.45) is 0 Å². The molecule has 1 heterocycles. The minimum absolute atomic E-state index is 0.0647. The molecule has 1 N–H and O–H groups in total. The van der Waals surface area contributed by atoms with Gasteiger partial charge in [-0.3, -0.25) is 4.79 Å². The Morgan fingerprint density at radius 2 is 1.78 bits per heavy atom. The number of nitrogens with one attached hydrogen (secondary N) is 1. The lowest BCUT2D eigenvalue weighted by Gasteiger charge is -2.11. The van der Waals surface area contributed by atoms with Gasteiger partial charge in [-0.05, 0) is 17.2 Å². The van der Waals surface area contributed by atoms with E-state index in [1.807, 2.05) is 36.4 Å². The van der Waals surface area contributed by atoms with E-state index in [9.17, 15) is 4.79 Å². The predicted octanol–water partition coefficient (Wildman–Crippen LogP) is 2.50. The van der Waals surface area contributed by atoms with Gasteiger partial charge in [0.25, 0.3) is 0 Å². The van der Waals surface area contributed by atoms with Gasteiger partial charge < -0.3 is 10.1 Å². The zero-order valence-electron chi connectivity index (χ0n) is 9.80. The van der Waals surface area contributed by atoms with Gasteiger partial charge in [-0.25, -0.2) is 0 Å². The molecule has 0 bridgehead atoms. The van der Waals surface area contributed by atoms with Crippen molar-refractivity contribution in [1.29, 1.82) is 0 Å². The van der Waals surface area contributed by atoms with E-state index in [0.717, 1.165) is 16.7 Å². The molecule has 90 valence electrons. The van der Waals surface area contributed by atoms with Gasteiger partial charge in [-0.15, -0.1) is 0 Å². The van der Waals surface area contributed by atoms with Crippen LogP contribution in [-0.4, -0.2) is 12.5 Å². The Labute approximate surface area is 105 Å². The fourth-order valence-electron chi connectivity index (χ4n) is 2.08. The van der Waals surface area contributed by atoms with Gasteiger partial charge in [0, 0.05) is 5.56 Å². The predicted molar refractivity (Wildman–Crippen MR) is 68.7 cm³/mol. The van der Waals surface area contributed by atoms with Crippen LogP contribution < -0.4 is 5.32 Å². The Kier molecular flexibility index (Phi) is 2.82. The van der Waals surface area contributed by atoms with Crippen molar-refractivity contribution in [3.8, 4) is 11.1 Å². The third kappa shape index (κ3) is 2.13. The second-order valence-corrected chi connectivity index (χ2v) is 4.25. The molecule has 2 aromatic carbocycles. The average Bonchev–Trinajstić information content (AvgIpc) is 2.87. The maximum atomic E-state index is 11.1. The summed E-state index contributed by atoms with van der Waals surface area (Å²) in [5, 5.41) is 2.79. The molecule has 1 unspecified atom stereocenters. The number of hydrogen-bond acceptors (Lipinski definition) is 2. The minimum atomic E-state index is -0.318. The Morgan fingerprint density at radius 3 is 2.50 bits per heavy atom. The Morgan fingerprint density at radius 1 is 1.00 bits per heavy atom. The average molecular weight is 239 g/mol. The number of ether oxygens (including phenoxy) is 1. The second kappa shape index (κ2) is 4.63. The number of rotatable bonds is 2. The lowest BCUT2D eigenvalue weighted by molar-refractivity contribution is -0.119. The molecular formula is C15H13NO2. The van der Waals surface area contributed by atoms with Crippen molar-refractivity contribution in [1.82, 2.24) is 5.32 Å². The van der Waals surface area contributed by atoms with Crippen LogP contribution in [0, 0.1) is 0 Å². The SMILES string of the molecule is O=C1COC(c2cccc(-c3ccccc3)c2)N1. The first-order valence-corrected chi connectivity index (χ1v) is 5.89. The highest BCUT2D eigenvalue weighted by atomic mass is 16.5. The molecule has 0 saturated carbocycles. The lowest BCUT2D eigenvalue weighted by atomic mass is 10.0. The van der Waals surface area contributed by atoms with Gasteiger partial charge in [0.15, 0.2) is 6.23 Å². The largest absolute Gasteiger partial charge is 0.344 e. The monoisotopic (exact) mass is 239 g/mol. The van der Waals surface area contributed by atoms with Crippen LogP contribution in [-0.2, 0) is 9.53 Å². The molecule has 2 aromatic rings. The fourth-order valence-corrected chi connectivity index (χ4v) is 2.08. The topological polar surface area (TPSA) is 38.3 Å². The van der Waals surface area contributed by atoms with Gasteiger partial charge in [0.2, 0.25) is 5.91 Å². The normalized spacial score (nSPS) is 18.7. The summed E-state index contributed by atoms with van der Waals surface area (Å²) >= 11 is 0. The molecule has 1 amide bonds.